The summed E-state index contributed by atoms with van der Waals surface area (Å²) >= 11 is 0. The molecule has 0 aliphatic carbocycles. The molecule has 0 unspecified atom stereocenters. The van der Waals surface area contributed by atoms with Crippen molar-refractivity contribution in [2.24, 2.45) is 0 Å². The lowest BCUT2D eigenvalue weighted by atomic mass is 10.1. The lowest BCUT2D eigenvalue weighted by molar-refractivity contribution is -0.0208. The number of imidazole rings is 3. The molecule has 424 valence electrons. The summed E-state index contributed by atoms with van der Waals surface area (Å²) in [6.07, 6.45) is 17.0. The van der Waals surface area contributed by atoms with E-state index in [0.29, 0.717) is 29.2 Å². The van der Waals surface area contributed by atoms with Crippen LogP contribution in [0.15, 0.2) is 165 Å². The van der Waals surface area contributed by atoms with Gasteiger partial charge < -0.3 is 10.1 Å². The number of carbonyl (C=O) groups excluding carboxylic acids is 1. The minimum Gasteiger partial charge on any atom is -0.379 e. The van der Waals surface area contributed by atoms with E-state index in [2.05, 4.69) is 62.2 Å². The fraction of sp³-hybridized carbons (Fsp3) is 0.206. The molecule has 0 aromatic carbocycles. The first-order valence-electron chi connectivity index (χ1n) is 27.4. The Hall–Kier alpha value is -10.3. The monoisotopic (exact) mass is 1130 g/mol. The number of nitrogens with one attached hydrogen (secondary N) is 1. The Bertz CT molecular complexity index is 4260. The maximum absolute atomic E-state index is 12.1. The van der Waals surface area contributed by atoms with Gasteiger partial charge in [0.25, 0.3) is 5.92 Å². The van der Waals surface area contributed by atoms with Gasteiger partial charge in [-0.1, -0.05) is 6.07 Å². The number of carbonyl (C=O) groups is 1. The van der Waals surface area contributed by atoms with E-state index in [4.69, 9.17) is 29.9 Å². The number of aldehydes is 1. The van der Waals surface area contributed by atoms with Crippen molar-refractivity contribution in [1.29, 1.82) is 5.26 Å². The van der Waals surface area contributed by atoms with Gasteiger partial charge in [0.05, 0.1) is 42.4 Å². The van der Waals surface area contributed by atoms with E-state index in [-0.39, 0.29) is 13.0 Å². The number of alkyl halides is 2. The number of nitriles is 1. The molecule has 85 heavy (non-hydrogen) atoms. The van der Waals surface area contributed by atoms with E-state index in [1.807, 2.05) is 120 Å². The van der Waals surface area contributed by atoms with Gasteiger partial charge in [0.15, 0.2) is 23.2 Å². The molecule has 0 amide bonds. The van der Waals surface area contributed by atoms with Gasteiger partial charge in [-0.3, -0.25) is 38.3 Å². The zero-order valence-electron chi connectivity index (χ0n) is 46.7. The van der Waals surface area contributed by atoms with E-state index >= 15 is 0 Å². The number of piperidine rings is 1. The van der Waals surface area contributed by atoms with Crippen LogP contribution in [0.25, 0.3) is 84.7 Å². The Morgan fingerprint density at radius 1 is 0.565 bits per heavy atom. The standard InChI is InChI=1S/C22H22N6O.C18H12N6.C18H13N5O.C5H9F2N/c1-16-25-20-4-3-19(18-6-8-23-9-7-18)26-22(20)28(16)21-5-2-17(14-24-21)15-27-10-12-29-13-11-27;1-12-22-16-4-3-15(14-6-8-20-9-7-14)23-18(16)24(12)17-5-2-13(10-19)11-21-17;1-12-21-16-4-3-15(14-6-8-19-9-7-14)22-18(16)23(12)17-5-2-13(11-24)10-20-17;6-5(7)2-1-3-8-4-5/h2-9,14H,10-13,15H2,1H3;2-9,11H,1H3;2-11H,1H3;8H,1-4H2. The maximum Gasteiger partial charge on any atom is 0.260 e. The van der Waals surface area contributed by atoms with E-state index < -0.39 is 5.92 Å². The minimum absolute atomic E-state index is 0.0556. The van der Waals surface area contributed by atoms with Crippen LogP contribution in [0.3, 0.4) is 0 Å². The summed E-state index contributed by atoms with van der Waals surface area (Å²) in [6, 6.07) is 36.7. The fourth-order valence-electron chi connectivity index (χ4n) is 9.76. The number of pyridine rings is 9. The maximum atomic E-state index is 12.1. The molecule has 2 saturated heterocycles. The van der Waals surface area contributed by atoms with E-state index in [9.17, 15) is 13.6 Å². The Morgan fingerprint density at radius 2 is 1.01 bits per heavy atom. The van der Waals surface area contributed by atoms with E-state index in [1.165, 1.54) is 5.56 Å². The number of fused-ring (bicyclic) bond motifs is 3. The predicted octanol–water partition coefficient (Wildman–Crippen LogP) is 10.1. The van der Waals surface area contributed by atoms with Crippen molar-refractivity contribution in [2.75, 3.05) is 39.4 Å². The topological polar surface area (TPSA) is 235 Å². The molecule has 2 fully saturated rings. The molecule has 12 aromatic heterocycles. The second-order valence-electron chi connectivity index (χ2n) is 19.9. The number of nitrogens with zero attached hydrogens (tertiary/aromatic N) is 17. The molecule has 1 N–H and O–H groups in total. The first-order valence-corrected chi connectivity index (χ1v) is 27.4. The number of rotatable bonds is 9. The molecule has 0 spiro atoms. The summed E-state index contributed by atoms with van der Waals surface area (Å²) in [7, 11) is 0. The van der Waals surface area contributed by atoms with Crippen LogP contribution >= 0.6 is 0 Å². The first-order chi connectivity index (χ1) is 41.5. The van der Waals surface area contributed by atoms with Crippen molar-refractivity contribution in [3.63, 3.8) is 0 Å². The summed E-state index contributed by atoms with van der Waals surface area (Å²) in [4.78, 5) is 66.9. The highest BCUT2D eigenvalue weighted by Crippen LogP contribution is 2.27. The molecule has 0 atom stereocenters. The molecule has 2 aliphatic heterocycles. The van der Waals surface area contributed by atoms with Crippen LogP contribution in [0.2, 0.25) is 0 Å². The lowest BCUT2D eigenvalue weighted by Gasteiger charge is -2.26. The highest BCUT2D eigenvalue weighted by molar-refractivity contribution is 5.80. The second kappa shape index (κ2) is 25.8. The van der Waals surface area contributed by atoms with Crippen LogP contribution in [-0.4, -0.2) is 130 Å². The van der Waals surface area contributed by atoms with Crippen molar-refractivity contribution in [3.05, 3.63) is 199 Å². The number of hydrogen-bond acceptors (Lipinski definition) is 17. The summed E-state index contributed by atoms with van der Waals surface area (Å²) < 4.78 is 35.5. The molecule has 20 nitrogen and oxygen atoms in total. The molecule has 0 radical (unpaired) electrons. The number of morpholine rings is 1. The SMILES string of the molecule is Cc1nc2ccc(-c3ccncc3)nc2n1-c1ccc(C#N)cn1.Cc1nc2ccc(-c3ccncc3)nc2n1-c1ccc(C=O)cn1.Cc1nc2ccc(-c3ccncc3)nc2n1-c1ccc(CN2CCOCC2)cn1.FC1(F)CCCNC1. The van der Waals surface area contributed by atoms with Gasteiger partial charge in [0, 0.05) is 104 Å². The number of aromatic nitrogens is 15. The van der Waals surface area contributed by atoms with Crippen molar-refractivity contribution in [3.8, 4) is 57.3 Å². The number of aryl methyl sites for hydroxylation is 3. The smallest absolute Gasteiger partial charge is 0.260 e. The summed E-state index contributed by atoms with van der Waals surface area (Å²) in [5.74, 6) is 2.21. The summed E-state index contributed by atoms with van der Waals surface area (Å²) in [5, 5.41) is 11.5. The predicted molar refractivity (Wildman–Crippen MR) is 317 cm³/mol. The molecule has 22 heteroatoms. The zero-order valence-corrected chi connectivity index (χ0v) is 46.7. The van der Waals surface area contributed by atoms with E-state index in [1.54, 1.807) is 73.8 Å². The van der Waals surface area contributed by atoms with Gasteiger partial charge in [0.1, 0.15) is 57.5 Å². The van der Waals surface area contributed by atoms with Crippen LogP contribution < -0.4 is 5.32 Å². The van der Waals surface area contributed by atoms with Crippen LogP contribution in [0.1, 0.15) is 51.8 Å². The van der Waals surface area contributed by atoms with Crippen LogP contribution in [0.4, 0.5) is 8.78 Å². The Balaban J connectivity index is 0.000000125. The molecule has 12 aromatic rings. The zero-order chi connectivity index (χ0) is 58.7. The van der Waals surface area contributed by atoms with Crippen molar-refractivity contribution in [2.45, 2.75) is 46.1 Å². The third kappa shape index (κ3) is 13.3. The normalized spacial score (nSPS) is 13.8. The molecule has 0 bridgehead atoms. The quantitative estimate of drug-likeness (QED) is 0.132. The van der Waals surface area contributed by atoms with Crippen molar-refractivity contribution >= 4 is 39.8 Å². The van der Waals surface area contributed by atoms with Crippen LogP contribution in [0, 0.1) is 32.1 Å². The largest absolute Gasteiger partial charge is 0.379 e. The molecule has 0 saturated carbocycles. The average Bonchev–Trinajstić information content (AvgIpc) is 2.38. The highest BCUT2D eigenvalue weighted by Gasteiger charge is 2.30. The summed E-state index contributed by atoms with van der Waals surface area (Å²) in [5.41, 5.74) is 12.6. The van der Waals surface area contributed by atoms with Crippen molar-refractivity contribution in [1.82, 2.24) is 83.7 Å². The fourth-order valence-corrected chi connectivity index (χ4v) is 9.76. The number of hydrogen-bond donors (Lipinski definition) is 1. The number of halogens is 2. The molecular weight excluding hydrogens is 1080 g/mol. The molecular formula is C63H56F2N18O2. The van der Waals surface area contributed by atoms with Gasteiger partial charge in [-0.25, -0.2) is 53.6 Å². The second-order valence-corrected chi connectivity index (χ2v) is 19.9. The molecule has 14 rings (SSSR count). The van der Waals surface area contributed by atoms with E-state index in [0.717, 1.165) is 136 Å². The van der Waals surface area contributed by atoms with Crippen molar-refractivity contribution < 1.29 is 18.3 Å². The van der Waals surface area contributed by atoms with Crippen LogP contribution in [-0.2, 0) is 11.3 Å². The van der Waals surface area contributed by atoms with Gasteiger partial charge in [0.2, 0.25) is 0 Å². The highest BCUT2D eigenvalue weighted by atomic mass is 19.3. The van der Waals surface area contributed by atoms with Gasteiger partial charge >= 0.3 is 0 Å². The molecule has 2 aliphatic rings. The minimum atomic E-state index is -2.43. The van der Waals surface area contributed by atoms with Gasteiger partial charge in [-0.15, -0.1) is 0 Å². The Labute approximate surface area is 487 Å². The van der Waals surface area contributed by atoms with Gasteiger partial charge in [-0.2, -0.15) is 5.26 Å². The third-order valence-electron chi connectivity index (χ3n) is 14.0. The van der Waals surface area contributed by atoms with Gasteiger partial charge in [-0.05, 0) is 142 Å². The Morgan fingerprint density at radius 3 is 1.36 bits per heavy atom. The van der Waals surface area contributed by atoms with Crippen LogP contribution in [0.5, 0.6) is 0 Å². The first kappa shape index (κ1) is 56.5. The Kier molecular flexibility index (Phi) is 17.2. The third-order valence-corrected chi connectivity index (χ3v) is 14.0. The summed E-state index contributed by atoms with van der Waals surface area (Å²) in [6.45, 7) is 10.8. The lowest BCUT2D eigenvalue weighted by Crippen LogP contribution is -2.38. The average molecular weight is 1140 g/mol. The number of ether oxygens (including phenoxy) is 1. The molecule has 14 heterocycles.